The zero-order valence-electron chi connectivity index (χ0n) is 9.92. The van der Waals surface area contributed by atoms with Crippen molar-refractivity contribution in [3.63, 3.8) is 0 Å². The summed E-state index contributed by atoms with van der Waals surface area (Å²) in [5.74, 6) is 0.110. The molecule has 0 spiro atoms. The second-order valence-electron chi connectivity index (χ2n) is 4.28. The number of nitrogens with zero attached hydrogens (tertiary/aromatic N) is 1. The zero-order valence-corrected chi connectivity index (χ0v) is 9.92. The first-order valence-corrected chi connectivity index (χ1v) is 5.84. The third-order valence-electron chi connectivity index (χ3n) is 2.97. The number of hydrogen-bond donors (Lipinski definition) is 1. The van der Waals surface area contributed by atoms with Gasteiger partial charge in [0.1, 0.15) is 0 Å². The number of carbonyl (C=O) groups excluding carboxylic acids is 1. The molecule has 0 bridgehead atoms. The number of nitrogens with one attached hydrogen (secondary N) is 1. The first-order chi connectivity index (χ1) is 7.72. The van der Waals surface area contributed by atoms with Crippen LogP contribution in [-0.2, 0) is 6.42 Å². The maximum absolute atomic E-state index is 12.0. The van der Waals surface area contributed by atoms with Crippen molar-refractivity contribution >= 4 is 11.6 Å². The van der Waals surface area contributed by atoms with Crippen molar-refractivity contribution in [1.82, 2.24) is 4.90 Å². The van der Waals surface area contributed by atoms with Gasteiger partial charge in [0.15, 0.2) is 0 Å². The molecular weight excluding hydrogens is 200 g/mol. The van der Waals surface area contributed by atoms with Gasteiger partial charge in [-0.05, 0) is 30.5 Å². The van der Waals surface area contributed by atoms with E-state index in [1.807, 2.05) is 19.2 Å². The Hall–Kier alpha value is -1.51. The molecule has 0 radical (unpaired) electrons. The normalized spacial score (nSPS) is 13.1. The molecule has 1 aromatic carbocycles. The van der Waals surface area contributed by atoms with Gasteiger partial charge in [0.05, 0.1) is 0 Å². The van der Waals surface area contributed by atoms with Gasteiger partial charge in [0.2, 0.25) is 0 Å². The van der Waals surface area contributed by atoms with E-state index in [1.54, 1.807) is 4.90 Å². The molecule has 0 saturated carbocycles. The third-order valence-corrected chi connectivity index (χ3v) is 2.97. The molecule has 1 aliphatic rings. The number of benzene rings is 1. The molecule has 1 aliphatic heterocycles. The fourth-order valence-electron chi connectivity index (χ4n) is 2.08. The van der Waals surface area contributed by atoms with Gasteiger partial charge in [-0.3, -0.25) is 4.79 Å². The van der Waals surface area contributed by atoms with Gasteiger partial charge in [-0.25, -0.2) is 0 Å². The van der Waals surface area contributed by atoms with Crippen molar-refractivity contribution in [3.8, 4) is 0 Å². The quantitative estimate of drug-likeness (QED) is 0.843. The maximum Gasteiger partial charge on any atom is 0.253 e. The van der Waals surface area contributed by atoms with Gasteiger partial charge >= 0.3 is 0 Å². The average molecular weight is 218 g/mol. The van der Waals surface area contributed by atoms with Crippen LogP contribution in [0.4, 0.5) is 5.69 Å². The molecule has 16 heavy (non-hydrogen) atoms. The van der Waals surface area contributed by atoms with Crippen molar-refractivity contribution in [2.75, 3.05) is 25.5 Å². The number of anilines is 1. The molecule has 86 valence electrons. The van der Waals surface area contributed by atoms with Crippen LogP contribution in [0.2, 0.25) is 0 Å². The zero-order chi connectivity index (χ0) is 11.5. The second-order valence-corrected chi connectivity index (χ2v) is 4.28. The van der Waals surface area contributed by atoms with Crippen molar-refractivity contribution < 1.29 is 4.79 Å². The molecule has 0 aromatic heterocycles. The summed E-state index contributed by atoms with van der Waals surface area (Å²) in [4.78, 5) is 13.8. The van der Waals surface area contributed by atoms with E-state index in [4.69, 9.17) is 0 Å². The summed E-state index contributed by atoms with van der Waals surface area (Å²) in [5, 5.41) is 3.30. The van der Waals surface area contributed by atoms with Crippen molar-refractivity contribution in [2.45, 2.75) is 19.8 Å². The van der Waals surface area contributed by atoms with Crippen molar-refractivity contribution in [2.24, 2.45) is 0 Å². The van der Waals surface area contributed by atoms with Crippen LogP contribution in [0.15, 0.2) is 18.2 Å². The van der Waals surface area contributed by atoms with Crippen LogP contribution >= 0.6 is 0 Å². The number of carbonyl (C=O) groups is 1. The molecule has 0 fully saturated rings. The highest BCUT2D eigenvalue weighted by molar-refractivity contribution is 5.95. The van der Waals surface area contributed by atoms with Crippen LogP contribution in [0.1, 0.15) is 29.3 Å². The predicted molar refractivity (Wildman–Crippen MR) is 65.9 cm³/mol. The predicted octanol–water partition coefficient (Wildman–Crippen LogP) is 2.14. The molecule has 1 heterocycles. The molecule has 3 heteroatoms. The SMILES string of the molecule is CCCN(C)C(=O)c1ccc2c(c1)NCC2. The first kappa shape index (κ1) is 11.0. The molecule has 1 aromatic rings. The van der Waals surface area contributed by atoms with E-state index in [0.717, 1.165) is 37.2 Å². The van der Waals surface area contributed by atoms with Crippen LogP contribution in [0.5, 0.6) is 0 Å². The summed E-state index contributed by atoms with van der Waals surface area (Å²) in [6.45, 7) is 3.87. The lowest BCUT2D eigenvalue weighted by Crippen LogP contribution is -2.27. The van der Waals surface area contributed by atoms with Gasteiger partial charge in [-0.2, -0.15) is 0 Å². The Morgan fingerprint density at radius 3 is 3.06 bits per heavy atom. The Morgan fingerprint density at radius 2 is 2.31 bits per heavy atom. The summed E-state index contributed by atoms with van der Waals surface area (Å²) in [6, 6.07) is 5.96. The van der Waals surface area contributed by atoms with E-state index in [2.05, 4.69) is 18.3 Å². The van der Waals surface area contributed by atoms with Crippen LogP contribution in [0.3, 0.4) is 0 Å². The highest BCUT2D eigenvalue weighted by Crippen LogP contribution is 2.23. The lowest BCUT2D eigenvalue weighted by Gasteiger charge is -2.16. The Kier molecular flexibility index (Phi) is 3.13. The molecule has 0 atom stereocenters. The smallest absolute Gasteiger partial charge is 0.253 e. The summed E-state index contributed by atoms with van der Waals surface area (Å²) in [6.07, 6.45) is 2.06. The minimum atomic E-state index is 0.110. The number of rotatable bonds is 3. The Balaban J connectivity index is 2.18. The van der Waals surface area contributed by atoms with Gasteiger partial charge in [0.25, 0.3) is 5.91 Å². The molecule has 1 N–H and O–H groups in total. The van der Waals surface area contributed by atoms with Gasteiger partial charge in [0, 0.05) is 31.4 Å². The Labute approximate surface area is 96.5 Å². The largest absolute Gasteiger partial charge is 0.384 e. The first-order valence-electron chi connectivity index (χ1n) is 5.84. The third kappa shape index (κ3) is 2.03. The molecule has 3 nitrogen and oxygen atoms in total. The molecule has 0 unspecified atom stereocenters. The lowest BCUT2D eigenvalue weighted by atomic mass is 10.1. The van der Waals surface area contributed by atoms with E-state index in [0.29, 0.717) is 0 Å². The minimum absolute atomic E-state index is 0.110. The number of hydrogen-bond acceptors (Lipinski definition) is 2. The summed E-state index contributed by atoms with van der Waals surface area (Å²) in [5.41, 5.74) is 3.22. The van der Waals surface area contributed by atoms with Gasteiger partial charge in [-0.15, -0.1) is 0 Å². The van der Waals surface area contributed by atoms with Crippen molar-refractivity contribution in [1.29, 1.82) is 0 Å². The molecule has 0 aliphatic carbocycles. The second kappa shape index (κ2) is 4.56. The average Bonchev–Trinajstić information content (AvgIpc) is 2.75. The highest BCUT2D eigenvalue weighted by Gasteiger charge is 2.15. The van der Waals surface area contributed by atoms with E-state index in [1.165, 1.54) is 5.56 Å². The lowest BCUT2D eigenvalue weighted by molar-refractivity contribution is 0.0795. The monoisotopic (exact) mass is 218 g/mol. The van der Waals surface area contributed by atoms with Crippen LogP contribution in [0.25, 0.3) is 0 Å². The molecular formula is C13H18N2O. The van der Waals surface area contributed by atoms with Gasteiger partial charge in [-0.1, -0.05) is 13.0 Å². The highest BCUT2D eigenvalue weighted by atomic mass is 16.2. The maximum atomic E-state index is 12.0. The Morgan fingerprint density at radius 1 is 1.50 bits per heavy atom. The number of amides is 1. The van der Waals surface area contributed by atoms with E-state index >= 15 is 0 Å². The molecule has 1 amide bonds. The topological polar surface area (TPSA) is 32.3 Å². The minimum Gasteiger partial charge on any atom is -0.384 e. The van der Waals surface area contributed by atoms with E-state index in [9.17, 15) is 4.79 Å². The van der Waals surface area contributed by atoms with Gasteiger partial charge < -0.3 is 10.2 Å². The van der Waals surface area contributed by atoms with E-state index < -0.39 is 0 Å². The summed E-state index contributed by atoms with van der Waals surface area (Å²) >= 11 is 0. The summed E-state index contributed by atoms with van der Waals surface area (Å²) in [7, 11) is 1.85. The van der Waals surface area contributed by atoms with E-state index in [-0.39, 0.29) is 5.91 Å². The molecule has 2 rings (SSSR count). The van der Waals surface area contributed by atoms with Crippen LogP contribution in [-0.4, -0.2) is 30.9 Å². The number of fused-ring (bicyclic) bond motifs is 1. The van der Waals surface area contributed by atoms with Crippen LogP contribution < -0.4 is 5.32 Å². The van der Waals surface area contributed by atoms with Crippen LogP contribution in [0, 0.1) is 0 Å². The Bertz CT molecular complexity index is 401. The fraction of sp³-hybridized carbons (Fsp3) is 0.462. The fourth-order valence-corrected chi connectivity index (χ4v) is 2.08. The molecule has 0 saturated heterocycles. The van der Waals surface area contributed by atoms with Crippen molar-refractivity contribution in [3.05, 3.63) is 29.3 Å². The standard InChI is InChI=1S/C13H18N2O/c1-3-8-15(2)13(16)11-5-4-10-6-7-14-12(10)9-11/h4-5,9,14H,3,6-8H2,1-2H3. The summed E-state index contributed by atoms with van der Waals surface area (Å²) < 4.78 is 0.